The van der Waals surface area contributed by atoms with Gasteiger partial charge in [-0.05, 0) is 17.2 Å². The highest BCUT2D eigenvalue weighted by molar-refractivity contribution is 5.84. The second-order valence-corrected chi connectivity index (χ2v) is 5.08. The number of nitrogens with one attached hydrogen (secondary N) is 1. The highest BCUT2D eigenvalue weighted by Crippen LogP contribution is 2.31. The summed E-state index contributed by atoms with van der Waals surface area (Å²) in [5.74, 6) is -1.07. The summed E-state index contributed by atoms with van der Waals surface area (Å²) in [5.41, 5.74) is 2.43. The number of carboxylic acid groups (broad SMARTS) is 1. The minimum absolute atomic E-state index is 0.0648. The average Bonchev–Trinajstić information content (AvgIpc) is 3.25. The molecule has 0 unspecified atom stereocenters. The van der Waals surface area contributed by atoms with E-state index in [4.69, 9.17) is 5.11 Å². The van der Waals surface area contributed by atoms with Gasteiger partial charge in [0.2, 0.25) is 6.08 Å². The van der Waals surface area contributed by atoms with E-state index in [1.54, 1.807) is 12.1 Å². The molecule has 1 aromatic heterocycles. The molecule has 31 heavy (non-hydrogen) atoms. The number of benzene rings is 2. The quantitative estimate of drug-likeness (QED) is 0.269. The number of isocyanates is 1. The van der Waals surface area contributed by atoms with E-state index in [-0.39, 0.29) is 11.4 Å². The highest BCUT2D eigenvalue weighted by atomic mass is 19.4. The number of carbonyl (C=O) groups excluding carboxylic acids is 1. The van der Waals surface area contributed by atoms with E-state index in [2.05, 4.69) is 25.8 Å². The van der Waals surface area contributed by atoms with Crippen molar-refractivity contribution >= 4 is 23.4 Å². The maximum absolute atomic E-state index is 12.0. The average molecular weight is 437 g/mol. The zero-order valence-electron chi connectivity index (χ0n) is 15.2. The van der Waals surface area contributed by atoms with E-state index < -0.39 is 22.7 Å². The van der Waals surface area contributed by atoms with E-state index in [0.717, 1.165) is 30.5 Å². The Labute approximate surface area is 171 Å². The number of aromatic nitrogens is 3. The Morgan fingerprint density at radius 2 is 1.77 bits per heavy atom. The van der Waals surface area contributed by atoms with Crippen LogP contribution in [0.15, 0.2) is 65.8 Å². The molecule has 0 bridgehead atoms. The Morgan fingerprint density at radius 1 is 1.16 bits per heavy atom. The predicted molar refractivity (Wildman–Crippen MR) is 99.0 cm³/mol. The highest BCUT2D eigenvalue weighted by Gasteiger charge is 2.29. The fourth-order valence-corrected chi connectivity index (χ4v) is 1.67. The largest absolute Gasteiger partial charge is 0.476 e. The number of para-hydroxylation sites is 1. The lowest BCUT2D eigenvalue weighted by atomic mass is 10.2. The summed E-state index contributed by atoms with van der Waals surface area (Å²) in [4.78, 5) is 32.9. The van der Waals surface area contributed by atoms with Crippen molar-refractivity contribution in [2.75, 3.05) is 0 Å². The van der Waals surface area contributed by atoms with Crippen LogP contribution < -0.4 is 0 Å². The molecule has 0 aliphatic carbocycles. The number of nitro groups is 1. The summed E-state index contributed by atoms with van der Waals surface area (Å²) in [7, 11) is 0. The molecule has 3 aromatic rings. The monoisotopic (exact) mass is 437 g/mol. The summed E-state index contributed by atoms with van der Waals surface area (Å²) in [5, 5.41) is 25.8. The van der Waals surface area contributed by atoms with Crippen molar-refractivity contribution in [3.8, 4) is 0 Å². The maximum atomic E-state index is 12.0. The molecule has 1 heterocycles. The number of aromatic amines is 1. The molecule has 0 aliphatic heterocycles. The fraction of sp³-hybridized carbons (Fsp3) is 0.0588. The van der Waals surface area contributed by atoms with E-state index in [0.29, 0.717) is 5.69 Å². The number of halogens is 3. The molecule has 14 heteroatoms. The second kappa shape index (κ2) is 12.1. The van der Waals surface area contributed by atoms with Crippen LogP contribution in [0.4, 0.5) is 24.5 Å². The number of hydrogen-bond donors (Lipinski definition) is 2. The third-order valence-electron chi connectivity index (χ3n) is 2.96. The van der Waals surface area contributed by atoms with E-state index in [9.17, 15) is 32.9 Å². The Kier molecular flexibility index (Phi) is 9.53. The first kappa shape index (κ1) is 24.5. The van der Waals surface area contributed by atoms with Crippen LogP contribution in [0.25, 0.3) is 5.43 Å². The van der Waals surface area contributed by atoms with Gasteiger partial charge in [0.25, 0.3) is 0 Å². The van der Waals surface area contributed by atoms with Crippen molar-refractivity contribution in [1.82, 2.24) is 15.4 Å². The topological polar surface area (TPSA) is 166 Å². The first-order valence-electron chi connectivity index (χ1n) is 7.88. The van der Waals surface area contributed by atoms with Crippen molar-refractivity contribution in [2.24, 2.45) is 4.99 Å². The molecular formula is C17H12F3N6O5-. The van der Waals surface area contributed by atoms with Gasteiger partial charge in [-0.15, -0.1) is 5.10 Å². The standard InChI is InChI=1S/C7H4F3N2O2.C7H5NO.C3H3N3O2/c8-7(9,10)5-1-3-6(4-2-5)11-12(13)14;9-6-8-7-4-2-1-3-5-7;7-3(8)2-1-4-6-5-2/h1-4H;1-5H;1H,(H,7,8)(H,4,5,6)/q-1;;. The van der Waals surface area contributed by atoms with E-state index >= 15 is 0 Å². The van der Waals surface area contributed by atoms with Crippen molar-refractivity contribution in [3.05, 3.63) is 87.6 Å². The molecule has 0 atom stereocenters. The van der Waals surface area contributed by atoms with Gasteiger partial charge in [0.1, 0.15) is 0 Å². The summed E-state index contributed by atoms with van der Waals surface area (Å²) in [6.07, 6.45) is -1.84. The molecular weight excluding hydrogens is 425 g/mol. The Balaban J connectivity index is 0.000000245. The van der Waals surface area contributed by atoms with Crippen LogP contribution in [0.5, 0.6) is 0 Å². The number of carboxylic acids is 1. The van der Waals surface area contributed by atoms with Gasteiger partial charge in [0.15, 0.2) is 5.69 Å². The van der Waals surface area contributed by atoms with Crippen molar-refractivity contribution in [3.63, 3.8) is 0 Å². The first-order valence-corrected chi connectivity index (χ1v) is 7.88. The molecule has 0 saturated heterocycles. The lowest BCUT2D eigenvalue weighted by molar-refractivity contribution is -0.418. The van der Waals surface area contributed by atoms with Gasteiger partial charge >= 0.3 is 12.1 Å². The van der Waals surface area contributed by atoms with Crippen LogP contribution in [-0.4, -0.2) is 37.6 Å². The number of aliphatic imine (C=N–C) groups is 1. The normalized spacial score (nSPS) is 9.65. The van der Waals surface area contributed by atoms with E-state index in [1.165, 1.54) is 6.08 Å². The zero-order valence-corrected chi connectivity index (χ0v) is 15.2. The van der Waals surface area contributed by atoms with Crippen LogP contribution in [0.3, 0.4) is 0 Å². The van der Waals surface area contributed by atoms with E-state index in [1.807, 2.05) is 18.2 Å². The fourth-order valence-electron chi connectivity index (χ4n) is 1.67. The lowest BCUT2D eigenvalue weighted by Crippen LogP contribution is -2.03. The van der Waals surface area contributed by atoms with Crippen LogP contribution >= 0.6 is 0 Å². The summed E-state index contributed by atoms with van der Waals surface area (Å²) >= 11 is 0. The molecule has 0 spiro atoms. The molecule has 2 N–H and O–H groups in total. The lowest BCUT2D eigenvalue weighted by Gasteiger charge is -2.11. The number of carbonyl (C=O) groups is 1. The number of H-pyrrole nitrogens is 1. The van der Waals surface area contributed by atoms with Crippen molar-refractivity contribution in [1.29, 1.82) is 0 Å². The smallest absolute Gasteiger partial charge is 0.416 e. The molecule has 2 aromatic carbocycles. The van der Waals surface area contributed by atoms with Crippen LogP contribution in [0.2, 0.25) is 0 Å². The van der Waals surface area contributed by atoms with Crippen LogP contribution in [-0.2, 0) is 11.0 Å². The van der Waals surface area contributed by atoms with Gasteiger partial charge in [-0.3, -0.25) is 10.1 Å². The maximum Gasteiger partial charge on any atom is 0.416 e. The van der Waals surface area contributed by atoms with Gasteiger partial charge in [-0.25, -0.2) is 9.59 Å². The number of aromatic carboxylic acids is 1. The minimum atomic E-state index is -4.44. The third kappa shape index (κ3) is 9.96. The van der Waals surface area contributed by atoms with Gasteiger partial charge in [-0.2, -0.15) is 28.5 Å². The second-order valence-electron chi connectivity index (χ2n) is 5.08. The molecule has 3 rings (SSSR count). The number of nitrogens with zero attached hydrogens (tertiary/aromatic N) is 5. The number of alkyl halides is 3. The molecule has 162 valence electrons. The van der Waals surface area contributed by atoms with Gasteiger partial charge in [0.05, 0.1) is 17.4 Å². The zero-order chi connectivity index (χ0) is 23.3. The van der Waals surface area contributed by atoms with Gasteiger partial charge in [-0.1, -0.05) is 48.2 Å². The molecule has 11 nitrogen and oxygen atoms in total. The Bertz CT molecular complexity index is 1000. The van der Waals surface area contributed by atoms with Gasteiger partial charge in [0, 0.05) is 0 Å². The number of rotatable bonds is 4. The Hall–Kier alpha value is -4.58. The van der Waals surface area contributed by atoms with Crippen LogP contribution in [0, 0.1) is 10.1 Å². The SMILES string of the molecule is O=C(O)c1cn[nH]n1.O=C=Nc1ccccc1.O=[N+]([O-])[N-]c1ccc(C(F)(F)F)cc1. The molecule has 0 radical (unpaired) electrons. The summed E-state index contributed by atoms with van der Waals surface area (Å²) < 4.78 is 36.1. The predicted octanol–water partition coefficient (Wildman–Crippen LogP) is 4.06. The van der Waals surface area contributed by atoms with Crippen LogP contribution in [0.1, 0.15) is 16.1 Å². The third-order valence-corrected chi connectivity index (χ3v) is 2.96. The first-order chi connectivity index (χ1) is 14.6. The Morgan fingerprint density at radius 3 is 2.16 bits per heavy atom. The van der Waals surface area contributed by atoms with Crippen molar-refractivity contribution < 1.29 is 32.9 Å². The summed E-state index contributed by atoms with van der Waals surface area (Å²) in [6.45, 7) is 0. The molecule has 0 aliphatic rings. The van der Waals surface area contributed by atoms with Gasteiger partial charge < -0.3 is 10.5 Å². The summed E-state index contributed by atoms with van der Waals surface area (Å²) in [6, 6.07) is 12.3. The molecule has 0 fully saturated rings. The molecule has 0 saturated carbocycles. The molecule has 0 amide bonds. The minimum Gasteiger partial charge on any atom is -0.476 e. The number of hydrogen-bond acceptors (Lipinski definition) is 7. The van der Waals surface area contributed by atoms with Crippen molar-refractivity contribution in [2.45, 2.75) is 6.18 Å².